The highest BCUT2D eigenvalue weighted by atomic mass is 35.5. The first-order valence-electron chi connectivity index (χ1n) is 12.6. The normalized spacial score (nSPS) is 21.8. The highest BCUT2D eigenvalue weighted by Crippen LogP contribution is 2.35. The quantitative estimate of drug-likeness (QED) is 0.450. The van der Waals surface area contributed by atoms with Gasteiger partial charge in [0.15, 0.2) is 0 Å². The number of carbonyl (C=O) groups excluding carboxylic acids is 1. The first kappa shape index (κ1) is 25.8. The van der Waals surface area contributed by atoms with Crippen molar-refractivity contribution < 1.29 is 18.0 Å². The van der Waals surface area contributed by atoms with E-state index in [1.165, 1.54) is 12.1 Å². The number of pyridine rings is 1. The Morgan fingerprint density at radius 2 is 1.86 bits per heavy atom. The van der Waals surface area contributed by atoms with E-state index >= 15 is 0 Å². The number of carbonyl (C=O) groups is 1. The number of nitrogens with zero attached hydrogens (tertiary/aromatic N) is 4. The Hall–Kier alpha value is -2.85. The number of anilines is 1. The van der Waals surface area contributed by atoms with Gasteiger partial charge >= 0.3 is 6.18 Å². The van der Waals surface area contributed by atoms with Gasteiger partial charge in [-0.15, -0.1) is 0 Å². The number of aromatic nitrogens is 3. The molecule has 7 nitrogen and oxygen atoms in total. The molecule has 1 saturated heterocycles. The van der Waals surface area contributed by atoms with E-state index in [-0.39, 0.29) is 23.5 Å². The van der Waals surface area contributed by atoms with Crippen LogP contribution >= 0.6 is 11.6 Å². The van der Waals surface area contributed by atoms with Crippen LogP contribution in [0.4, 0.5) is 18.9 Å². The fraction of sp³-hybridized carbons (Fsp3) is 0.500. The number of fused-ring (bicyclic) bond motifs is 1. The van der Waals surface area contributed by atoms with Crippen LogP contribution < -0.4 is 10.6 Å². The minimum Gasteiger partial charge on any atom is -0.382 e. The van der Waals surface area contributed by atoms with E-state index in [0.29, 0.717) is 34.1 Å². The van der Waals surface area contributed by atoms with Crippen LogP contribution in [-0.4, -0.2) is 57.8 Å². The number of alkyl halides is 3. The zero-order chi connectivity index (χ0) is 26.2. The zero-order valence-electron chi connectivity index (χ0n) is 20.6. The van der Waals surface area contributed by atoms with Crippen LogP contribution in [0, 0.1) is 0 Å². The third kappa shape index (κ3) is 6.01. The largest absolute Gasteiger partial charge is 0.433 e. The smallest absolute Gasteiger partial charge is 0.382 e. The zero-order valence-corrected chi connectivity index (χ0v) is 21.3. The molecule has 3 heterocycles. The van der Waals surface area contributed by atoms with Crippen LogP contribution in [0.3, 0.4) is 0 Å². The fourth-order valence-corrected chi connectivity index (χ4v) is 5.49. The number of hydrogen-bond donors (Lipinski definition) is 2. The van der Waals surface area contributed by atoms with Gasteiger partial charge in [0.25, 0.3) is 5.91 Å². The number of rotatable bonds is 5. The van der Waals surface area contributed by atoms with Gasteiger partial charge in [-0.2, -0.15) is 18.3 Å². The SMILES string of the molecule is CN1CCC(n2cc(C(=O)N[C@@H]3CCC[C@H](Nc4cc(C(F)(F)F)nc5ccc(Cl)cc45)C3)cn2)CC1. The van der Waals surface area contributed by atoms with Crippen molar-refractivity contribution in [2.45, 2.75) is 62.8 Å². The van der Waals surface area contributed by atoms with Crippen LogP contribution in [0.2, 0.25) is 5.02 Å². The number of piperidine rings is 1. The van der Waals surface area contributed by atoms with Crippen molar-refractivity contribution in [3.05, 3.63) is 52.9 Å². The molecule has 0 unspecified atom stereocenters. The van der Waals surface area contributed by atoms with Gasteiger partial charge in [-0.25, -0.2) is 4.98 Å². The molecule has 2 atom stereocenters. The Bertz CT molecular complexity index is 1270. The summed E-state index contributed by atoms with van der Waals surface area (Å²) in [5.41, 5.74) is 0.144. The van der Waals surface area contributed by atoms with Crippen LogP contribution in [0.5, 0.6) is 0 Å². The van der Waals surface area contributed by atoms with Crippen molar-refractivity contribution in [1.29, 1.82) is 0 Å². The molecule has 2 aromatic heterocycles. The molecule has 5 rings (SSSR count). The van der Waals surface area contributed by atoms with Gasteiger partial charge in [-0.1, -0.05) is 11.6 Å². The Morgan fingerprint density at radius 3 is 2.62 bits per heavy atom. The average molecular weight is 535 g/mol. The molecule has 1 saturated carbocycles. The average Bonchev–Trinajstić information content (AvgIpc) is 3.35. The van der Waals surface area contributed by atoms with Crippen molar-refractivity contribution in [2.24, 2.45) is 0 Å². The van der Waals surface area contributed by atoms with Crippen LogP contribution in [0.15, 0.2) is 36.7 Å². The van der Waals surface area contributed by atoms with E-state index in [1.807, 2.05) is 10.9 Å². The lowest BCUT2D eigenvalue weighted by molar-refractivity contribution is -0.140. The van der Waals surface area contributed by atoms with Gasteiger partial charge < -0.3 is 15.5 Å². The number of likely N-dealkylation sites (tertiary alicyclic amines) is 1. The van der Waals surface area contributed by atoms with Crippen molar-refractivity contribution in [1.82, 2.24) is 25.0 Å². The highest BCUT2D eigenvalue weighted by Gasteiger charge is 2.34. The molecular weight excluding hydrogens is 505 g/mol. The molecule has 1 aromatic carbocycles. The van der Waals surface area contributed by atoms with Gasteiger partial charge in [0.1, 0.15) is 5.69 Å². The molecule has 2 N–H and O–H groups in total. The van der Waals surface area contributed by atoms with E-state index in [2.05, 4.69) is 32.7 Å². The summed E-state index contributed by atoms with van der Waals surface area (Å²) >= 11 is 6.13. The summed E-state index contributed by atoms with van der Waals surface area (Å²) in [6.07, 6.45) is 3.89. The van der Waals surface area contributed by atoms with E-state index in [4.69, 9.17) is 11.6 Å². The van der Waals surface area contributed by atoms with E-state index < -0.39 is 11.9 Å². The molecule has 0 bridgehead atoms. The molecule has 2 aliphatic rings. The first-order valence-corrected chi connectivity index (χ1v) is 13.0. The van der Waals surface area contributed by atoms with Crippen LogP contribution in [-0.2, 0) is 6.18 Å². The molecule has 11 heteroatoms. The number of benzene rings is 1. The van der Waals surface area contributed by atoms with Gasteiger partial charge in [-0.05, 0) is 82.9 Å². The summed E-state index contributed by atoms with van der Waals surface area (Å²) in [6, 6.07) is 5.78. The summed E-state index contributed by atoms with van der Waals surface area (Å²) in [4.78, 5) is 19.0. The molecule has 2 fully saturated rings. The summed E-state index contributed by atoms with van der Waals surface area (Å²) in [5, 5.41) is 11.8. The number of halogens is 4. The highest BCUT2D eigenvalue weighted by molar-refractivity contribution is 6.31. The third-order valence-electron chi connectivity index (χ3n) is 7.36. The molecule has 1 aliphatic carbocycles. The van der Waals surface area contributed by atoms with Gasteiger partial charge in [-0.3, -0.25) is 9.48 Å². The Balaban J connectivity index is 1.26. The lowest BCUT2D eigenvalue weighted by Gasteiger charge is -2.31. The lowest BCUT2D eigenvalue weighted by Crippen LogP contribution is -2.41. The molecule has 1 amide bonds. The van der Waals surface area contributed by atoms with Crippen LogP contribution in [0.1, 0.15) is 60.6 Å². The van der Waals surface area contributed by atoms with E-state index in [0.717, 1.165) is 51.3 Å². The molecule has 0 spiro atoms. The van der Waals surface area contributed by atoms with Crippen LogP contribution in [0.25, 0.3) is 10.9 Å². The minimum absolute atomic E-state index is 0.0933. The number of amides is 1. The number of nitrogens with one attached hydrogen (secondary N) is 2. The van der Waals surface area contributed by atoms with Gasteiger partial charge in [0.05, 0.1) is 23.3 Å². The molecule has 198 valence electrons. The standard InChI is InChI=1S/C26H30ClF3N6O/c1-35-9-7-20(8-10-35)36-15-16(14-31-36)25(37)33-19-4-2-3-18(12-19)32-23-13-24(26(28,29)30)34-22-6-5-17(27)11-21(22)23/h5-6,11,13-15,18-20H,2-4,7-10,12H2,1H3,(H,32,34)(H,33,37)/t18-,19+/m0/s1. The molecule has 3 aromatic rings. The second-order valence-corrected chi connectivity index (χ2v) is 10.6. The maximum absolute atomic E-state index is 13.5. The van der Waals surface area contributed by atoms with Crippen molar-refractivity contribution in [2.75, 3.05) is 25.5 Å². The Labute approximate surface area is 218 Å². The van der Waals surface area contributed by atoms with Crippen molar-refractivity contribution in [3.8, 4) is 0 Å². The maximum Gasteiger partial charge on any atom is 0.433 e. The lowest BCUT2D eigenvalue weighted by atomic mass is 9.90. The predicted molar refractivity (Wildman–Crippen MR) is 137 cm³/mol. The van der Waals surface area contributed by atoms with Crippen molar-refractivity contribution >= 4 is 34.1 Å². The number of hydrogen-bond acceptors (Lipinski definition) is 5. The predicted octanol–water partition coefficient (Wildman–Crippen LogP) is 5.52. The van der Waals surface area contributed by atoms with Gasteiger partial charge in [0.2, 0.25) is 0 Å². The maximum atomic E-state index is 13.5. The second-order valence-electron chi connectivity index (χ2n) is 10.1. The molecule has 37 heavy (non-hydrogen) atoms. The molecule has 1 aliphatic heterocycles. The van der Waals surface area contributed by atoms with E-state index in [9.17, 15) is 18.0 Å². The first-order chi connectivity index (χ1) is 17.7. The summed E-state index contributed by atoms with van der Waals surface area (Å²) in [5.74, 6) is -0.176. The Morgan fingerprint density at radius 1 is 1.11 bits per heavy atom. The summed E-state index contributed by atoms with van der Waals surface area (Å²) < 4.78 is 42.3. The van der Waals surface area contributed by atoms with E-state index in [1.54, 1.807) is 12.3 Å². The second kappa shape index (κ2) is 10.5. The summed E-state index contributed by atoms with van der Waals surface area (Å²) in [6.45, 7) is 2.01. The third-order valence-corrected chi connectivity index (χ3v) is 7.59. The molecular formula is C26H30ClF3N6O. The minimum atomic E-state index is -4.56. The topological polar surface area (TPSA) is 75.1 Å². The van der Waals surface area contributed by atoms with Crippen molar-refractivity contribution in [3.63, 3.8) is 0 Å². The molecule has 0 radical (unpaired) electrons. The Kier molecular flexibility index (Phi) is 7.31. The fourth-order valence-electron chi connectivity index (χ4n) is 5.32. The van der Waals surface area contributed by atoms with Gasteiger partial charge in [0, 0.05) is 34.4 Å². The summed E-state index contributed by atoms with van der Waals surface area (Å²) in [7, 11) is 2.10. The monoisotopic (exact) mass is 534 g/mol.